The molecule has 0 fully saturated rings. The zero-order valence-corrected chi connectivity index (χ0v) is 28.8. The van der Waals surface area contributed by atoms with E-state index < -0.39 is 13.7 Å². The molecule has 2 aromatic rings. The van der Waals surface area contributed by atoms with Crippen LogP contribution in [0.4, 0.5) is 0 Å². The van der Waals surface area contributed by atoms with Gasteiger partial charge in [-0.3, -0.25) is 4.79 Å². The molecule has 0 saturated carbocycles. The van der Waals surface area contributed by atoms with Crippen molar-refractivity contribution in [3.05, 3.63) is 65.7 Å². The van der Waals surface area contributed by atoms with E-state index in [9.17, 15) is 9.59 Å². The van der Waals surface area contributed by atoms with Gasteiger partial charge in [0.05, 0.1) is 37.9 Å². The summed E-state index contributed by atoms with van der Waals surface area (Å²) >= 11 is 0. The fourth-order valence-electron chi connectivity index (χ4n) is 4.27. The number of rotatable bonds is 20. The lowest BCUT2D eigenvalue weighted by molar-refractivity contribution is -0.145. The third kappa shape index (κ3) is 12.6. The zero-order chi connectivity index (χ0) is 32.1. The molecule has 240 valence electrons. The molecule has 0 aliphatic carbocycles. The minimum absolute atomic E-state index is 0.0213. The fourth-order valence-corrected chi connectivity index (χ4v) is 5.67. The molecule has 2 rings (SSSR count). The van der Waals surface area contributed by atoms with Crippen molar-refractivity contribution in [3.63, 3.8) is 0 Å². The normalized spacial score (nSPS) is 14.6. The van der Waals surface area contributed by atoms with Crippen molar-refractivity contribution in [2.75, 3.05) is 13.9 Å². The van der Waals surface area contributed by atoms with Gasteiger partial charge >= 0.3 is 0 Å². The number of hydrogen-bond acceptors (Lipinski definition) is 7. The molecule has 0 unspecified atom stereocenters. The lowest BCUT2D eigenvalue weighted by atomic mass is 9.87. The number of benzene rings is 2. The van der Waals surface area contributed by atoms with E-state index in [1.807, 2.05) is 61.5 Å². The molecule has 0 N–H and O–H groups in total. The van der Waals surface area contributed by atoms with E-state index in [0.717, 1.165) is 23.2 Å². The Morgan fingerprint density at radius 2 is 1.53 bits per heavy atom. The summed E-state index contributed by atoms with van der Waals surface area (Å²) in [4.78, 5) is 24.1. The summed E-state index contributed by atoms with van der Waals surface area (Å²) in [6.07, 6.45) is 2.32. The molecule has 0 amide bonds. The molecule has 0 heterocycles. The molecule has 0 aliphatic heterocycles. The molecule has 7 nitrogen and oxygen atoms in total. The lowest BCUT2D eigenvalue weighted by Gasteiger charge is -2.40. The van der Waals surface area contributed by atoms with Gasteiger partial charge < -0.3 is 28.2 Å². The Hall–Kier alpha value is -2.36. The topological polar surface area (TPSA) is 80.3 Å². The summed E-state index contributed by atoms with van der Waals surface area (Å²) < 4.78 is 30.7. The molecule has 0 aromatic heterocycles. The summed E-state index contributed by atoms with van der Waals surface area (Å²) in [6.45, 7) is 17.5. The Morgan fingerprint density at radius 1 is 0.907 bits per heavy atom. The molecule has 0 aliphatic rings. The number of carbonyl (C=O) groups excluding carboxylic acids is 2. The first-order chi connectivity index (χ1) is 20.2. The predicted octanol–water partition coefficient (Wildman–Crippen LogP) is 7.90. The number of methoxy groups -OCH3 is 1. The van der Waals surface area contributed by atoms with Gasteiger partial charge in [0, 0.05) is 18.9 Å². The van der Waals surface area contributed by atoms with Crippen LogP contribution >= 0.6 is 0 Å². The van der Waals surface area contributed by atoms with Gasteiger partial charge in [0.1, 0.15) is 24.6 Å². The van der Waals surface area contributed by atoms with Crippen molar-refractivity contribution in [2.24, 2.45) is 5.41 Å². The molecule has 0 bridgehead atoms. The van der Waals surface area contributed by atoms with E-state index in [0.29, 0.717) is 38.9 Å². The van der Waals surface area contributed by atoms with E-state index in [-0.39, 0.29) is 35.9 Å². The van der Waals surface area contributed by atoms with Crippen molar-refractivity contribution in [3.8, 4) is 5.75 Å². The third-order valence-corrected chi connectivity index (χ3v) is 12.9. The first-order valence-corrected chi connectivity index (χ1v) is 18.2. The number of Topliss-reactive ketones (excluding diaryl/α,β-unsaturated/α-hetero) is 1. The van der Waals surface area contributed by atoms with E-state index >= 15 is 0 Å². The Kier molecular flexibility index (Phi) is 14.7. The maximum atomic E-state index is 12.7. The quantitative estimate of drug-likeness (QED) is 0.0493. The predicted molar refractivity (Wildman–Crippen MR) is 174 cm³/mol. The highest BCUT2D eigenvalue weighted by Crippen LogP contribution is 2.38. The summed E-state index contributed by atoms with van der Waals surface area (Å²) in [6, 6.07) is 17.8. The van der Waals surface area contributed by atoms with Crippen LogP contribution in [0.1, 0.15) is 78.4 Å². The highest BCUT2D eigenvalue weighted by molar-refractivity contribution is 6.74. The third-order valence-electron chi connectivity index (χ3n) is 8.38. The van der Waals surface area contributed by atoms with Crippen LogP contribution in [0.5, 0.6) is 5.75 Å². The van der Waals surface area contributed by atoms with Crippen molar-refractivity contribution < 1.29 is 33.0 Å². The first-order valence-electron chi connectivity index (χ1n) is 15.3. The SMILES string of the molecule is COc1ccc(CO[C@H](C[C@H](CCCC(=O)C(C)(C)C=O)O[Si](C)(C)C(C)(C)C)[C@@H](C)OCOCc2ccccc2)cc1. The van der Waals surface area contributed by atoms with Gasteiger partial charge in [0.25, 0.3) is 0 Å². The zero-order valence-electron chi connectivity index (χ0n) is 27.8. The van der Waals surface area contributed by atoms with Crippen molar-refractivity contribution >= 4 is 20.4 Å². The first kappa shape index (κ1) is 36.8. The number of aldehydes is 1. The summed E-state index contributed by atoms with van der Waals surface area (Å²) in [5.41, 5.74) is 1.14. The second-order valence-corrected chi connectivity index (χ2v) is 18.2. The largest absolute Gasteiger partial charge is 0.497 e. The Balaban J connectivity index is 2.17. The van der Waals surface area contributed by atoms with E-state index in [2.05, 4.69) is 33.9 Å². The Labute approximate surface area is 260 Å². The highest BCUT2D eigenvalue weighted by Gasteiger charge is 2.40. The Morgan fingerprint density at radius 3 is 2.12 bits per heavy atom. The monoisotopic (exact) mass is 614 g/mol. The molecule has 0 saturated heterocycles. The average molecular weight is 615 g/mol. The van der Waals surface area contributed by atoms with Gasteiger partial charge in [-0.2, -0.15) is 0 Å². The van der Waals surface area contributed by atoms with Crippen LogP contribution in [-0.2, 0) is 41.4 Å². The summed E-state index contributed by atoms with van der Waals surface area (Å²) in [5, 5.41) is 0.0213. The summed E-state index contributed by atoms with van der Waals surface area (Å²) in [7, 11) is -0.483. The maximum absolute atomic E-state index is 12.7. The molecular formula is C35H54O7Si. The molecule has 3 atom stereocenters. The van der Waals surface area contributed by atoms with Gasteiger partial charge in [-0.05, 0) is 75.0 Å². The van der Waals surface area contributed by atoms with Gasteiger partial charge in [-0.1, -0.05) is 63.2 Å². The summed E-state index contributed by atoms with van der Waals surface area (Å²) in [5.74, 6) is 0.746. The standard InChI is InChI=1S/C35H54O7Si/c1-27(41-26-39-23-28-14-11-10-12-15-28)32(40-24-29-18-20-30(38-7)21-19-29)22-31(42-43(8,9)34(2,3)4)16-13-17-33(37)35(5,6)25-36/h10-12,14-15,18-21,25,27,31-32H,13,16-17,22-24,26H2,1-9H3/t27-,31+,32-/m1/s1. The molecule has 2 aromatic carbocycles. The van der Waals surface area contributed by atoms with Gasteiger partial charge in [-0.15, -0.1) is 0 Å². The van der Waals surface area contributed by atoms with Gasteiger partial charge in [-0.25, -0.2) is 0 Å². The average Bonchev–Trinajstić information content (AvgIpc) is 2.97. The highest BCUT2D eigenvalue weighted by atomic mass is 28.4. The minimum Gasteiger partial charge on any atom is -0.497 e. The molecule has 43 heavy (non-hydrogen) atoms. The smallest absolute Gasteiger partial charge is 0.192 e. The van der Waals surface area contributed by atoms with E-state index in [4.69, 9.17) is 23.4 Å². The lowest BCUT2D eigenvalue weighted by Crippen LogP contribution is -2.45. The molecule has 8 heteroatoms. The molecule has 0 radical (unpaired) electrons. The number of ketones is 1. The van der Waals surface area contributed by atoms with Crippen molar-refractivity contribution in [1.29, 1.82) is 0 Å². The van der Waals surface area contributed by atoms with Crippen LogP contribution in [0.3, 0.4) is 0 Å². The van der Waals surface area contributed by atoms with Gasteiger partial charge in [0.2, 0.25) is 0 Å². The maximum Gasteiger partial charge on any atom is 0.192 e. The van der Waals surface area contributed by atoms with Crippen molar-refractivity contribution in [2.45, 2.75) is 117 Å². The minimum atomic E-state index is -2.13. The van der Waals surface area contributed by atoms with Crippen LogP contribution in [0, 0.1) is 5.41 Å². The number of hydrogen-bond donors (Lipinski definition) is 0. The Bertz CT molecular complexity index is 1090. The van der Waals surface area contributed by atoms with Crippen molar-refractivity contribution in [1.82, 2.24) is 0 Å². The van der Waals surface area contributed by atoms with E-state index in [1.54, 1.807) is 21.0 Å². The molecular weight excluding hydrogens is 560 g/mol. The number of carbonyl (C=O) groups is 2. The van der Waals surface area contributed by atoms with Crippen LogP contribution in [-0.4, -0.2) is 52.6 Å². The van der Waals surface area contributed by atoms with Crippen LogP contribution in [0.2, 0.25) is 18.1 Å². The fraction of sp³-hybridized carbons (Fsp3) is 0.600. The van der Waals surface area contributed by atoms with Crippen LogP contribution in [0.25, 0.3) is 0 Å². The van der Waals surface area contributed by atoms with Crippen LogP contribution in [0.15, 0.2) is 54.6 Å². The number of ether oxygens (including phenoxy) is 4. The second-order valence-electron chi connectivity index (χ2n) is 13.4. The van der Waals surface area contributed by atoms with E-state index in [1.165, 1.54) is 0 Å². The van der Waals surface area contributed by atoms with Crippen LogP contribution < -0.4 is 4.74 Å². The second kappa shape index (κ2) is 17.2. The van der Waals surface area contributed by atoms with Gasteiger partial charge in [0.15, 0.2) is 8.32 Å². The molecule has 0 spiro atoms.